The van der Waals surface area contributed by atoms with Gasteiger partial charge in [0.1, 0.15) is 24.1 Å². The van der Waals surface area contributed by atoms with Crippen molar-refractivity contribution < 1.29 is 49.1 Å². The van der Waals surface area contributed by atoms with Crippen molar-refractivity contribution in [3.8, 4) is 0 Å². The molecule has 0 unspecified atom stereocenters. The molecule has 0 radical (unpaired) electrons. The number of aliphatic hydroxyl groups is 4. The van der Waals surface area contributed by atoms with Crippen LogP contribution in [0.2, 0.25) is 0 Å². The number of aromatic amines is 1. The van der Waals surface area contributed by atoms with E-state index >= 15 is 0 Å². The maximum Gasteiger partial charge on any atom is 0.335 e. The zero-order valence-corrected chi connectivity index (χ0v) is 23.7. The number of nitrogens with zero attached hydrogens (tertiary/aromatic N) is 1. The van der Waals surface area contributed by atoms with Crippen molar-refractivity contribution in [1.82, 2.24) is 15.2 Å². The molecule has 4 atom stereocenters. The van der Waals surface area contributed by atoms with E-state index in [0.29, 0.717) is 34.6 Å². The number of aromatic nitrogens is 1. The van der Waals surface area contributed by atoms with Crippen LogP contribution in [0.25, 0.3) is 11.6 Å². The van der Waals surface area contributed by atoms with Gasteiger partial charge in [-0.05, 0) is 56.8 Å². The molecule has 3 rings (SSSR count). The molecule has 1 aliphatic heterocycles. The number of carboxylic acids is 1. The number of benzene rings is 1. The van der Waals surface area contributed by atoms with Crippen LogP contribution in [0.4, 0.5) is 10.1 Å². The Morgan fingerprint density at radius 3 is 2.31 bits per heavy atom. The molecule has 0 saturated heterocycles. The summed E-state index contributed by atoms with van der Waals surface area (Å²) in [5, 5.41) is 48.9. The van der Waals surface area contributed by atoms with Crippen molar-refractivity contribution in [2.24, 2.45) is 0 Å². The fourth-order valence-corrected chi connectivity index (χ4v) is 4.28. The second kappa shape index (κ2) is 15.3. The van der Waals surface area contributed by atoms with E-state index in [-0.39, 0.29) is 18.1 Å². The molecule has 0 aliphatic carbocycles. The second-order valence-corrected chi connectivity index (χ2v) is 9.54. The molecule has 1 aromatic carbocycles. The molecule has 0 saturated carbocycles. The number of hydrogen-bond donors (Lipinski definition) is 8. The maximum atomic E-state index is 13.7. The lowest BCUT2D eigenvalue weighted by molar-refractivity contribution is -0.163. The Hall–Kier alpha value is -3.95. The van der Waals surface area contributed by atoms with Gasteiger partial charge < -0.3 is 50.8 Å². The third-order valence-electron chi connectivity index (χ3n) is 6.78. The average molecular weight is 593 g/mol. The largest absolute Gasteiger partial charge is 0.479 e. The minimum absolute atomic E-state index is 0.0809. The molecule has 13 nitrogen and oxygen atoms in total. The minimum atomic E-state index is -2.25. The van der Waals surface area contributed by atoms with Gasteiger partial charge in [-0.3, -0.25) is 9.59 Å². The van der Waals surface area contributed by atoms with E-state index in [1.54, 1.807) is 12.1 Å². The number of aldehydes is 1. The summed E-state index contributed by atoms with van der Waals surface area (Å²) >= 11 is 0. The summed E-state index contributed by atoms with van der Waals surface area (Å²) in [4.78, 5) is 50.4. The summed E-state index contributed by atoms with van der Waals surface area (Å²) in [5.74, 6) is -2.60. The zero-order chi connectivity index (χ0) is 31.7. The highest BCUT2D eigenvalue weighted by Gasteiger charge is 2.34. The van der Waals surface area contributed by atoms with Crippen molar-refractivity contribution in [2.45, 2.75) is 52.1 Å². The Kier molecular flexibility index (Phi) is 12.5. The molecule has 0 bridgehead atoms. The number of likely N-dealkylation sites (N-methyl/N-ethyl adjacent to an activating group) is 1. The van der Waals surface area contributed by atoms with Crippen molar-refractivity contribution >= 4 is 41.4 Å². The van der Waals surface area contributed by atoms with Crippen LogP contribution in [-0.2, 0) is 14.4 Å². The van der Waals surface area contributed by atoms with Crippen LogP contribution in [0, 0.1) is 19.7 Å². The van der Waals surface area contributed by atoms with E-state index < -0.39 is 36.2 Å². The van der Waals surface area contributed by atoms with Gasteiger partial charge in [-0.15, -0.1) is 0 Å². The van der Waals surface area contributed by atoms with Gasteiger partial charge in [-0.1, -0.05) is 13.8 Å². The van der Waals surface area contributed by atoms with Crippen molar-refractivity contribution in [1.29, 1.82) is 0 Å². The minimum Gasteiger partial charge on any atom is -0.479 e. The number of rotatable bonds is 12. The Morgan fingerprint density at radius 1 is 1.10 bits per heavy atom. The Balaban J connectivity index is 0.000000401. The smallest absolute Gasteiger partial charge is 0.335 e. The summed E-state index contributed by atoms with van der Waals surface area (Å²) in [5.41, 5.74) is 4.20. The van der Waals surface area contributed by atoms with Crippen LogP contribution in [0.1, 0.15) is 46.7 Å². The molecule has 0 spiro atoms. The standard InChI is InChI=1S/C22H27FN4O2.C6H10O7/c1-5-27(6-2)10-9-24-22(29)20-13(3)19(25-14(20)4)12-17-16-11-15(23)7-8-18(16)26-21(17)28;7-1-2(8)3(9)4(10)5(11)6(12)13/h7-8,11-12,25H,5-6,9-10H2,1-4H3,(H,24,29)(H,26,28);1-5,8-11H,(H,12,13)/b17-12-;/t;2-,3+,4-,5-/m.0/s1. The molecule has 2 aromatic rings. The lowest BCUT2D eigenvalue weighted by Crippen LogP contribution is -2.48. The number of carbonyl (C=O) groups excluding carboxylic acids is 3. The predicted molar refractivity (Wildman–Crippen MR) is 151 cm³/mol. The first kappa shape index (κ1) is 34.3. The van der Waals surface area contributed by atoms with Crippen LogP contribution in [-0.4, -0.2) is 110 Å². The molecule has 1 aliphatic rings. The number of carbonyl (C=O) groups is 4. The van der Waals surface area contributed by atoms with E-state index in [0.717, 1.165) is 30.9 Å². The molecule has 230 valence electrons. The molecule has 8 N–H and O–H groups in total. The van der Waals surface area contributed by atoms with Crippen LogP contribution in [0.5, 0.6) is 0 Å². The third kappa shape index (κ3) is 8.30. The van der Waals surface area contributed by atoms with Crippen LogP contribution >= 0.6 is 0 Å². The zero-order valence-electron chi connectivity index (χ0n) is 23.7. The van der Waals surface area contributed by atoms with Gasteiger partial charge in [0.2, 0.25) is 0 Å². The number of fused-ring (bicyclic) bond motifs is 1. The lowest BCUT2D eigenvalue weighted by atomic mass is 10.0. The number of nitrogens with one attached hydrogen (secondary N) is 3. The van der Waals surface area contributed by atoms with Gasteiger partial charge in [-0.2, -0.15) is 0 Å². The third-order valence-corrected chi connectivity index (χ3v) is 6.78. The number of halogens is 1. The van der Waals surface area contributed by atoms with Gasteiger partial charge in [0.15, 0.2) is 12.4 Å². The van der Waals surface area contributed by atoms with Gasteiger partial charge in [0.05, 0.1) is 11.1 Å². The number of amides is 2. The summed E-state index contributed by atoms with van der Waals surface area (Å²) in [6.07, 6.45) is -6.71. The van der Waals surface area contributed by atoms with Gasteiger partial charge >= 0.3 is 5.97 Å². The van der Waals surface area contributed by atoms with E-state index in [1.165, 1.54) is 12.1 Å². The molecule has 1 aromatic heterocycles. The number of aliphatic carboxylic acids is 1. The number of hydrogen-bond acceptors (Lipinski definition) is 9. The first-order chi connectivity index (χ1) is 19.8. The van der Waals surface area contributed by atoms with E-state index in [1.807, 2.05) is 13.8 Å². The van der Waals surface area contributed by atoms with Gasteiger partial charge in [0.25, 0.3) is 11.8 Å². The van der Waals surface area contributed by atoms with Crippen LogP contribution < -0.4 is 10.6 Å². The highest BCUT2D eigenvalue weighted by Crippen LogP contribution is 2.34. The van der Waals surface area contributed by atoms with E-state index in [9.17, 15) is 23.6 Å². The highest BCUT2D eigenvalue weighted by atomic mass is 19.1. The first-order valence-corrected chi connectivity index (χ1v) is 13.2. The quantitative estimate of drug-likeness (QED) is 0.122. The number of anilines is 1. The average Bonchev–Trinajstić information content (AvgIpc) is 3.42. The summed E-state index contributed by atoms with van der Waals surface area (Å²) in [6.45, 7) is 11.1. The number of aliphatic hydroxyl groups excluding tert-OH is 4. The van der Waals surface area contributed by atoms with Gasteiger partial charge in [-0.25, -0.2) is 9.18 Å². The summed E-state index contributed by atoms with van der Waals surface area (Å²) in [7, 11) is 0. The molecular weight excluding hydrogens is 555 g/mol. The van der Waals surface area contributed by atoms with E-state index in [2.05, 4.69) is 34.4 Å². The SMILES string of the molecule is CCN(CC)CCNC(=O)c1c(C)[nH]c(/C=C2\C(=O)Nc3ccc(F)cc32)c1C.O=C[C@H](O)[C@@H](O)[C@H](O)[C@H](O)C(=O)O. The molecule has 0 fully saturated rings. The van der Waals surface area contributed by atoms with Crippen molar-refractivity contribution in [3.63, 3.8) is 0 Å². The fourth-order valence-electron chi connectivity index (χ4n) is 4.28. The monoisotopic (exact) mass is 592 g/mol. The summed E-state index contributed by atoms with van der Waals surface area (Å²) < 4.78 is 13.7. The predicted octanol–water partition coefficient (Wildman–Crippen LogP) is 0.0484. The lowest BCUT2D eigenvalue weighted by Gasteiger charge is -2.21. The maximum absolute atomic E-state index is 13.7. The Labute approximate surface area is 241 Å². The first-order valence-electron chi connectivity index (χ1n) is 13.2. The molecule has 2 heterocycles. The Bertz CT molecular complexity index is 1320. The van der Waals surface area contributed by atoms with Crippen molar-refractivity contribution in [3.05, 3.63) is 52.1 Å². The molecular formula is C28H37FN4O9. The summed E-state index contributed by atoms with van der Waals surface area (Å²) in [6, 6.07) is 4.20. The number of H-pyrrole nitrogens is 1. The Morgan fingerprint density at radius 2 is 1.74 bits per heavy atom. The fraction of sp³-hybridized carbons (Fsp3) is 0.429. The van der Waals surface area contributed by atoms with Crippen molar-refractivity contribution in [2.75, 3.05) is 31.5 Å². The van der Waals surface area contributed by atoms with Gasteiger partial charge in [0, 0.05) is 35.7 Å². The highest BCUT2D eigenvalue weighted by molar-refractivity contribution is 6.34. The normalized spacial score (nSPS) is 16.1. The van der Waals surface area contributed by atoms with Crippen LogP contribution in [0.3, 0.4) is 0 Å². The molecule has 14 heteroatoms. The molecule has 42 heavy (non-hydrogen) atoms. The second-order valence-electron chi connectivity index (χ2n) is 9.54. The number of aryl methyl sites for hydroxylation is 1. The number of carboxylic acid groups (broad SMARTS) is 1. The molecule has 2 amide bonds. The van der Waals surface area contributed by atoms with Crippen LogP contribution in [0.15, 0.2) is 18.2 Å². The van der Waals surface area contributed by atoms with E-state index in [4.69, 9.17) is 25.5 Å². The topological polar surface area (TPSA) is 213 Å².